The number of nitrogens with one attached hydrogen (secondary N) is 2. The van der Waals surface area contributed by atoms with E-state index < -0.39 is 0 Å². The molecular formula is C20H19N3O4. The SMILES string of the molecule is O=C1C[C@@H](c2ccccc2)N(C(=O)c2ccc3c(c2)OCC(=O)N3)CCN1. The van der Waals surface area contributed by atoms with Crippen molar-refractivity contribution in [2.24, 2.45) is 0 Å². The third kappa shape index (κ3) is 3.48. The summed E-state index contributed by atoms with van der Waals surface area (Å²) in [6.45, 7) is 0.754. The molecule has 1 saturated heterocycles. The van der Waals surface area contributed by atoms with Gasteiger partial charge in [0.1, 0.15) is 5.75 Å². The van der Waals surface area contributed by atoms with Crippen LogP contribution in [0.15, 0.2) is 48.5 Å². The lowest BCUT2D eigenvalue weighted by molar-refractivity contribution is -0.121. The first-order chi connectivity index (χ1) is 13.1. The van der Waals surface area contributed by atoms with Crippen LogP contribution in [0.25, 0.3) is 0 Å². The minimum absolute atomic E-state index is 0.0700. The third-order valence-electron chi connectivity index (χ3n) is 4.74. The maximum absolute atomic E-state index is 13.2. The van der Waals surface area contributed by atoms with Crippen molar-refractivity contribution in [3.63, 3.8) is 0 Å². The fourth-order valence-corrected chi connectivity index (χ4v) is 3.42. The van der Waals surface area contributed by atoms with Gasteiger partial charge in [-0.25, -0.2) is 0 Å². The lowest BCUT2D eigenvalue weighted by Gasteiger charge is -2.30. The van der Waals surface area contributed by atoms with Crippen molar-refractivity contribution in [3.8, 4) is 5.75 Å². The van der Waals surface area contributed by atoms with Crippen LogP contribution < -0.4 is 15.4 Å². The standard InChI is InChI=1S/C20H19N3O4/c24-18-11-16(13-4-2-1-3-5-13)23(9-8-21-18)20(26)14-6-7-15-17(10-14)27-12-19(25)22-15/h1-7,10,16H,8-9,11-12H2,(H,21,24)(H,22,25)/t16-/m0/s1. The zero-order chi connectivity index (χ0) is 18.8. The number of anilines is 1. The summed E-state index contributed by atoms with van der Waals surface area (Å²) in [5, 5.41) is 5.54. The molecule has 0 aromatic heterocycles. The highest BCUT2D eigenvalue weighted by Gasteiger charge is 2.31. The van der Waals surface area contributed by atoms with Crippen molar-refractivity contribution in [3.05, 3.63) is 59.7 Å². The monoisotopic (exact) mass is 365 g/mol. The summed E-state index contributed by atoms with van der Waals surface area (Å²) >= 11 is 0. The summed E-state index contributed by atoms with van der Waals surface area (Å²) in [5.74, 6) is 0.00264. The molecule has 0 aliphatic carbocycles. The second kappa shape index (κ2) is 7.11. The molecule has 0 bridgehead atoms. The number of hydrogen-bond acceptors (Lipinski definition) is 4. The predicted octanol–water partition coefficient (Wildman–Crippen LogP) is 1.72. The van der Waals surface area contributed by atoms with E-state index in [1.807, 2.05) is 30.3 Å². The average molecular weight is 365 g/mol. The third-order valence-corrected chi connectivity index (χ3v) is 4.74. The second-order valence-corrected chi connectivity index (χ2v) is 6.53. The summed E-state index contributed by atoms with van der Waals surface area (Å²) in [7, 11) is 0. The van der Waals surface area contributed by atoms with Crippen LogP contribution in [0.4, 0.5) is 5.69 Å². The molecule has 2 heterocycles. The summed E-state index contributed by atoms with van der Waals surface area (Å²) < 4.78 is 5.42. The van der Waals surface area contributed by atoms with Crippen LogP contribution in [-0.4, -0.2) is 42.3 Å². The van der Waals surface area contributed by atoms with Gasteiger partial charge in [0, 0.05) is 18.7 Å². The van der Waals surface area contributed by atoms with Gasteiger partial charge in [-0.05, 0) is 23.8 Å². The number of amides is 3. The lowest BCUT2D eigenvalue weighted by atomic mass is 10.0. The van der Waals surface area contributed by atoms with E-state index in [0.29, 0.717) is 30.1 Å². The molecule has 1 fully saturated rings. The topological polar surface area (TPSA) is 87.7 Å². The van der Waals surface area contributed by atoms with E-state index in [1.165, 1.54) is 0 Å². The Balaban J connectivity index is 1.66. The Morgan fingerprint density at radius 3 is 2.70 bits per heavy atom. The lowest BCUT2D eigenvalue weighted by Crippen LogP contribution is -2.36. The van der Waals surface area contributed by atoms with E-state index in [0.717, 1.165) is 5.56 Å². The highest BCUT2D eigenvalue weighted by atomic mass is 16.5. The summed E-state index contributed by atoms with van der Waals surface area (Å²) in [5.41, 5.74) is 1.93. The fraction of sp³-hybridized carbons (Fsp3) is 0.250. The number of benzene rings is 2. The molecule has 138 valence electrons. The van der Waals surface area contributed by atoms with E-state index in [-0.39, 0.29) is 36.8 Å². The first-order valence-corrected chi connectivity index (χ1v) is 8.81. The first-order valence-electron chi connectivity index (χ1n) is 8.81. The molecule has 2 aliphatic heterocycles. The van der Waals surface area contributed by atoms with Gasteiger partial charge in [0.05, 0.1) is 18.2 Å². The molecule has 2 aliphatic rings. The number of nitrogens with zero attached hydrogens (tertiary/aromatic N) is 1. The Bertz CT molecular complexity index is 897. The summed E-state index contributed by atoms with van der Waals surface area (Å²) in [6, 6.07) is 14.2. The van der Waals surface area contributed by atoms with Crippen LogP contribution in [-0.2, 0) is 9.59 Å². The van der Waals surface area contributed by atoms with E-state index in [2.05, 4.69) is 10.6 Å². The van der Waals surface area contributed by atoms with Gasteiger partial charge in [0.2, 0.25) is 5.91 Å². The van der Waals surface area contributed by atoms with Crippen LogP contribution in [0.5, 0.6) is 5.75 Å². The molecular weight excluding hydrogens is 346 g/mol. The maximum Gasteiger partial charge on any atom is 0.262 e. The van der Waals surface area contributed by atoms with Crippen LogP contribution in [0, 0.1) is 0 Å². The van der Waals surface area contributed by atoms with Crippen molar-refractivity contribution in [2.75, 3.05) is 25.0 Å². The normalized spacial score (nSPS) is 19.3. The van der Waals surface area contributed by atoms with Crippen molar-refractivity contribution < 1.29 is 19.1 Å². The van der Waals surface area contributed by atoms with Gasteiger partial charge in [0.25, 0.3) is 11.8 Å². The van der Waals surface area contributed by atoms with Gasteiger partial charge in [0.15, 0.2) is 6.61 Å². The summed E-state index contributed by atoms with van der Waals surface area (Å²) in [4.78, 5) is 38.5. The van der Waals surface area contributed by atoms with E-state index >= 15 is 0 Å². The number of hydrogen-bond donors (Lipinski definition) is 2. The van der Waals surface area contributed by atoms with E-state index in [1.54, 1.807) is 23.1 Å². The Kier molecular flexibility index (Phi) is 4.50. The molecule has 0 saturated carbocycles. The van der Waals surface area contributed by atoms with Gasteiger partial charge < -0.3 is 20.3 Å². The van der Waals surface area contributed by atoms with Crippen LogP contribution in [0.2, 0.25) is 0 Å². The van der Waals surface area contributed by atoms with E-state index in [9.17, 15) is 14.4 Å². The fourth-order valence-electron chi connectivity index (χ4n) is 3.42. The molecule has 3 amide bonds. The first kappa shape index (κ1) is 17.1. The number of fused-ring (bicyclic) bond motifs is 1. The van der Waals surface area contributed by atoms with Crippen LogP contribution in [0.1, 0.15) is 28.4 Å². The number of ether oxygens (including phenoxy) is 1. The van der Waals surface area contributed by atoms with Gasteiger partial charge in [-0.2, -0.15) is 0 Å². The van der Waals surface area contributed by atoms with E-state index in [4.69, 9.17) is 4.74 Å². The van der Waals surface area contributed by atoms with Crippen LogP contribution >= 0.6 is 0 Å². The second-order valence-electron chi connectivity index (χ2n) is 6.53. The average Bonchev–Trinajstić information content (AvgIpc) is 2.89. The maximum atomic E-state index is 13.2. The molecule has 0 radical (unpaired) electrons. The molecule has 0 spiro atoms. The quantitative estimate of drug-likeness (QED) is 0.848. The summed E-state index contributed by atoms with van der Waals surface area (Å²) in [6.07, 6.45) is 0.216. The Morgan fingerprint density at radius 2 is 1.89 bits per heavy atom. The molecule has 1 atom stereocenters. The largest absolute Gasteiger partial charge is 0.482 e. The molecule has 4 rings (SSSR count). The van der Waals surface area contributed by atoms with Crippen molar-refractivity contribution in [1.82, 2.24) is 10.2 Å². The number of carbonyl (C=O) groups is 3. The number of carbonyl (C=O) groups excluding carboxylic acids is 3. The molecule has 0 unspecified atom stereocenters. The van der Waals surface area contributed by atoms with Gasteiger partial charge in [-0.3, -0.25) is 14.4 Å². The molecule has 2 aromatic rings. The molecule has 7 nitrogen and oxygen atoms in total. The molecule has 2 N–H and O–H groups in total. The Morgan fingerprint density at radius 1 is 1.07 bits per heavy atom. The molecule has 27 heavy (non-hydrogen) atoms. The minimum atomic E-state index is -0.335. The molecule has 2 aromatic carbocycles. The Hall–Kier alpha value is -3.35. The van der Waals surface area contributed by atoms with Crippen LogP contribution in [0.3, 0.4) is 0 Å². The highest BCUT2D eigenvalue weighted by Crippen LogP contribution is 2.31. The van der Waals surface area contributed by atoms with Gasteiger partial charge >= 0.3 is 0 Å². The predicted molar refractivity (Wildman–Crippen MR) is 98.4 cm³/mol. The van der Waals surface area contributed by atoms with Crippen molar-refractivity contribution in [2.45, 2.75) is 12.5 Å². The minimum Gasteiger partial charge on any atom is -0.482 e. The smallest absolute Gasteiger partial charge is 0.262 e. The number of rotatable bonds is 2. The zero-order valence-electron chi connectivity index (χ0n) is 14.6. The van der Waals surface area contributed by atoms with Gasteiger partial charge in [-0.1, -0.05) is 30.3 Å². The van der Waals surface area contributed by atoms with Gasteiger partial charge in [-0.15, -0.1) is 0 Å². The highest BCUT2D eigenvalue weighted by molar-refractivity contribution is 5.99. The van der Waals surface area contributed by atoms with Crippen molar-refractivity contribution in [1.29, 1.82) is 0 Å². The van der Waals surface area contributed by atoms with Crippen molar-refractivity contribution >= 4 is 23.4 Å². The Labute approximate surface area is 156 Å². The zero-order valence-corrected chi connectivity index (χ0v) is 14.6. The molecule has 7 heteroatoms.